The van der Waals surface area contributed by atoms with Crippen molar-refractivity contribution in [2.45, 2.75) is 25.1 Å². The van der Waals surface area contributed by atoms with E-state index in [0.29, 0.717) is 6.54 Å². The van der Waals surface area contributed by atoms with E-state index in [-0.39, 0.29) is 36.9 Å². The quantitative estimate of drug-likeness (QED) is 0.912. The van der Waals surface area contributed by atoms with Crippen molar-refractivity contribution >= 4 is 5.91 Å². The van der Waals surface area contributed by atoms with Gasteiger partial charge in [-0.2, -0.15) is 13.2 Å². The standard InChI is InChI=1S/C13H15F3N2O/c14-13(15,16)11-4-2-1-3-9(11)5-6-18-8-10(17)7-12(18)19/h1-4,10H,5-8,17H2. The molecular formula is C13H15F3N2O. The van der Waals surface area contributed by atoms with Crippen LogP contribution in [0.4, 0.5) is 13.2 Å². The highest BCUT2D eigenvalue weighted by atomic mass is 19.4. The number of hydrogen-bond acceptors (Lipinski definition) is 2. The molecule has 0 spiro atoms. The van der Waals surface area contributed by atoms with Crippen molar-refractivity contribution in [2.75, 3.05) is 13.1 Å². The zero-order valence-corrected chi connectivity index (χ0v) is 10.3. The van der Waals surface area contributed by atoms with Gasteiger partial charge in [-0.25, -0.2) is 0 Å². The van der Waals surface area contributed by atoms with Crippen LogP contribution in [0.5, 0.6) is 0 Å². The Morgan fingerprint density at radius 1 is 1.32 bits per heavy atom. The average molecular weight is 272 g/mol. The van der Waals surface area contributed by atoms with E-state index in [1.807, 2.05) is 0 Å². The smallest absolute Gasteiger partial charge is 0.341 e. The Morgan fingerprint density at radius 2 is 2.00 bits per heavy atom. The number of benzene rings is 1. The van der Waals surface area contributed by atoms with Gasteiger partial charge in [0.05, 0.1) is 5.56 Å². The van der Waals surface area contributed by atoms with E-state index in [2.05, 4.69) is 0 Å². The van der Waals surface area contributed by atoms with Crippen molar-refractivity contribution in [3.8, 4) is 0 Å². The number of likely N-dealkylation sites (tertiary alicyclic amines) is 1. The van der Waals surface area contributed by atoms with Crippen LogP contribution in [-0.4, -0.2) is 29.9 Å². The molecule has 1 unspecified atom stereocenters. The summed E-state index contributed by atoms with van der Waals surface area (Å²) in [5.74, 6) is -0.0861. The lowest BCUT2D eigenvalue weighted by atomic mass is 10.0. The highest BCUT2D eigenvalue weighted by Crippen LogP contribution is 2.32. The molecule has 1 aromatic carbocycles. The van der Waals surface area contributed by atoms with Crippen molar-refractivity contribution in [1.29, 1.82) is 0 Å². The molecule has 0 aliphatic carbocycles. The molecule has 1 saturated heterocycles. The number of hydrogen-bond donors (Lipinski definition) is 1. The largest absolute Gasteiger partial charge is 0.416 e. The maximum Gasteiger partial charge on any atom is 0.416 e. The van der Waals surface area contributed by atoms with E-state index in [9.17, 15) is 18.0 Å². The van der Waals surface area contributed by atoms with Crippen molar-refractivity contribution in [3.05, 3.63) is 35.4 Å². The van der Waals surface area contributed by atoms with Gasteiger partial charge in [0.25, 0.3) is 0 Å². The normalized spacial score (nSPS) is 20.1. The first kappa shape index (κ1) is 13.9. The third-order valence-corrected chi connectivity index (χ3v) is 3.22. The maximum absolute atomic E-state index is 12.8. The van der Waals surface area contributed by atoms with Crippen molar-refractivity contribution in [2.24, 2.45) is 5.73 Å². The van der Waals surface area contributed by atoms with Crippen LogP contribution < -0.4 is 5.73 Å². The molecule has 1 amide bonds. The van der Waals surface area contributed by atoms with Gasteiger partial charge in [0.15, 0.2) is 0 Å². The van der Waals surface area contributed by atoms with E-state index in [4.69, 9.17) is 5.73 Å². The Hall–Kier alpha value is -1.56. The third-order valence-electron chi connectivity index (χ3n) is 3.22. The highest BCUT2D eigenvalue weighted by molar-refractivity contribution is 5.79. The first-order valence-corrected chi connectivity index (χ1v) is 6.06. The minimum atomic E-state index is -4.36. The molecule has 0 aromatic heterocycles. The summed E-state index contributed by atoms with van der Waals surface area (Å²) in [6.07, 6.45) is -3.89. The van der Waals surface area contributed by atoms with Crippen molar-refractivity contribution < 1.29 is 18.0 Å². The number of nitrogens with two attached hydrogens (primary N) is 1. The van der Waals surface area contributed by atoms with Gasteiger partial charge < -0.3 is 10.6 Å². The molecule has 6 heteroatoms. The molecule has 0 radical (unpaired) electrons. The lowest BCUT2D eigenvalue weighted by Crippen LogP contribution is -2.30. The van der Waals surface area contributed by atoms with Crippen LogP contribution in [0.1, 0.15) is 17.5 Å². The average Bonchev–Trinajstić information content (AvgIpc) is 2.64. The van der Waals surface area contributed by atoms with Gasteiger partial charge in [-0.05, 0) is 18.1 Å². The molecule has 1 fully saturated rings. The van der Waals surface area contributed by atoms with Crippen LogP contribution in [-0.2, 0) is 17.4 Å². The fourth-order valence-electron chi connectivity index (χ4n) is 2.29. The topological polar surface area (TPSA) is 46.3 Å². The first-order valence-electron chi connectivity index (χ1n) is 6.06. The molecule has 0 bridgehead atoms. The lowest BCUT2D eigenvalue weighted by molar-refractivity contribution is -0.138. The van der Waals surface area contributed by atoms with Crippen LogP contribution in [0.15, 0.2) is 24.3 Å². The number of halogens is 3. The Morgan fingerprint density at radius 3 is 2.58 bits per heavy atom. The first-order chi connectivity index (χ1) is 8.88. The van der Waals surface area contributed by atoms with Gasteiger partial charge in [-0.1, -0.05) is 18.2 Å². The summed E-state index contributed by atoms with van der Waals surface area (Å²) in [5.41, 5.74) is 5.22. The minimum absolute atomic E-state index is 0.0861. The van der Waals surface area contributed by atoms with Crippen LogP contribution in [0, 0.1) is 0 Å². The summed E-state index contributed by atoms with van der Waals surface area (Å²) in [4.78, 5) is 13.0. The van der Waals surface area contributed by atoms with E-state index >= 15 is 0 Å². The van der Waals surface area contributed by atoms with Gasteiger partial charge >= 0.3 is 6.18 Å². The Balaban J connectivity index is 2.06. The number of carbonyl (C=O) groups excluding carboxylic acids is 1. The Kier molecular flexibility index (Phi) is 3.80. The molecule has 2 N–H and O–H groups in total. The Bertz CT molecular complexity index is 473. The maximum atomic E-state index is 12.8. The van der Waals surface area contributed by atoms with Gasteiger partial charge in [-0.15, -0.1) is 0 Å². The highest BCUT2D eigenvalue weighted by Gasteiger charge is 2.33. The van der Waals surface area contributed by atoms with Crippen LogP contribution in [0.3, 0.4) is 0 Å². The molecule has 104 valence electrons. The third kappa shape index (κ3) is 3.26. The summed E-state index contributed by atoms with van der Waals surface area (Å²) in [6.45, 7) is 0.701. The minimum Gasteiger partial charge on any atom is -0.341 e. The van der Waals surface area contributed by atoms with Gasteiger partial charge in [0, 0.05) is 25.6 Å². The molecule has 0 saturated carbocycles. The monoisotopic (exact) mass is 272 g/mol. The Labute approximate surface area is 109 Å². The second-order valence-electron chi connectivity index (χ2n) is 4.71. The predicted octanol–water partition coefficient (Wildman–Crippen LogP) is 1.81. The van der Waals surface area contributed by atoms with Crippen LogP contribution >= 0.6 is 0 Å². The summed E-state index contributed by atoms with van der Waals surface area (Å²) in [7, 11) is 0. The van der Waals surface area contributed by atoms with Gasteiger partial charge in [-0.3, -0.25) is 4.79 Å². The van der Waals surface area contributed by atoms with Crippen molar-refractivity contribution in [3.63, 3.8) is 0 Å². The zero-order chi connectivity index (χ0) is 14.0. The number of alkyl halides is 3. The summed E-state index contributed by atoms with van der Waals surface area (Å²) in [5, 5.41) is 0. The van der Waals surface area contributed by atoms with Gasteiger partial charge in [0.1, 0.15) is 0 Å². The molecule has 19 heavy (non-hydrogen) atoms. The lowest BCUT2D eigenvalue weighted by Gasteiger charge is -2.18. The van der Waals surface area contributed by atoms with E-state index < -0.39 is 11.7 Å². The van der Waals surface area contributed by atoms with E-state index in [0.717, 1.165) is 6.07 Å². The molecular weight excluding hydrogens is 257 g/mol. The summed E-state index contributed by atoms with van der Waals surface area (Å²) < 4.78 is 38.4. The number of carbonyl (C=O) groups is 1. The van der Waals surface area contributed by atoms with E-state index in [1.165, 1.54) is 17.0 Å². The molecule has 1 atom stereocenters. The van der Waals surface area contributed by atoms with E-state index in [1.54, 1.807) is 6.07 Å². The second-order valence-corrected chi connectivity index (χ2v) is 4.71. The predicted molar refractivity (Wildman–Crippen MR) is 64.3 cm³/mol. The van der Waals surface area contributed by atoms with Crippen molar-refractivity contribution in [1.82, 2.24) is 4.90 Å². The zero-order valence-electron chi connectivity index (χ0n) is 10.3. The summed E-state index contributed by atoms with van der Waals surface area (Å²) in [6, 6.07) is 5.24. The summed E-state index contributed by atoms with van der Waals surface area (Å²) >= 11 is 0. The molecule has 1 aromatic rings. The molecule has 1 aliphatic rings. The molecule has 2 rings (SSSR count). The van der Waals surface area contributed by atoms with Gasteiger partial charge in [0.2, 0.25) is 5.91 Å². The second kappa shape index (κ2) is 5.21. The molecule has 1 aliphatic heterocycles. The fraction of sp³-hybridized carbons (Fsp3) is 0.462. The number of nitrogens with zero attached hydrogens (tertiary/aromatic N) is 1. The number of rotatable bonds is 3. The fourth-order valence-corrected chi connectivity index (χ4v) is 2.29. The number of amides is 1. The van der Waals surface area contributed by atoms with Crippen LogP contribution in [0.2, 0.25) is 0 Å². The van der Waals surface area contributed by atoms with Crippen LogP contribution in [0.25, 0.3) is 0 Å². The molecule has 1 heterocycles. The molecule has 3 nitrogen and oxygen atoms in total. The SMILES string of the molecule is NC1CC(=O)N(CCc2ccccc2C(F)(F)F)C1.